The SMILES string of the molecule is N#Cc1ccccc1N1CCC(NC(=O)Nc2ccc(C3CCC3)cc2)CC1. The molecule has 1 saturated heterocycles. The van der Waals surface area contributed by atoms with Crippen molar-refractivity contribution in [3.05, 3.63) is 59.7 Å². The Balaban J connectivity index is 1.26. The molecule has 0 radical (unpaired) electrons. The first kappa shape index (κ1) is 18.4. The van der Waals surface area contributed by atoms with E-state index in [9.17, 15) is 10.1 Å². The van der Waals surface area contributed by atoms with Crippen LogP contribution in [0, 0.1) is 11.3 Å². The van der Waals surface area contributed by atoms with Crippen LogP contribution in [0.25, 0.3) is 0 Å². The van der Waals surface area contributed by atoms with Gasteiger partial charge in [-0.1, -0.05) is 30.7 Å². The zero-order chi connectivity index (χ0) is 19.3. The van der Waals surface area contributed by atoms with Crippen molar-refractivity contribution >= 4 is 17.4 Å². The topological polar surface area (TPSA) is 68.2 Å². The average molecular weight is 374 g/mol. The number of benzene rings is 2. The molecule has 1 aliphatic carbocycles. The predicted molar refractivity (Wildman–Crippen MR) is 112 cm³/mol. The number of urea groups is 1. The maximum Gasteiger partial charge on any atom is 0.319 e. The third kappa shape index (κ3) is 4.12. The Morgan fingerprint density at radius 1 is 1.00 bits per heavy atom. The molecule has 1 heterocycles. The molecule has 2 aliphatic rings. The van der Waals surface area contributed by atoms with Crippen molar-refractivity contribution in [3.8, 4) is 6.07 Å². The summed E-state index contributed by atoms with van der Waals surface area (Å²) in [5.74, 6) is 0.708. The molecule has 2 fully saturated rings. The van der Waals surface area contributed by atoms with E-state index >= 15 is 0 Å². The quantitative estimate of drug-likeness (QED) is 0.821. The Hall–Kier alpha value is -3.00. The predicted octanol–water partition coefficient (Wildman–Crippen LogP) is 4.62. The number of hydrogen-bond acceptors (Lipinski definition) is 3. The first-order chi connectivity index (χ1) is 13.7. The molecule has 0 unspecified atom stereocenters. The Morgan fingerprint density at radius 2 is 1.71 bits per heavy atom. The highest BCUT2D eigenvalue weighted by Crippen LogP contribution is 2.36. The maximum absolute atomic E-state index is 12.3. The van der Waals surface area contributed by atoms with Crippen LogP contribution in [0.2, 0.25) is 0 Å². The molecule has 5 nitrogen and oxygen atoms in total. The number of nitrogens with zero attached hydrogens (tertiary/aromatic N) is 2. The van der Waals surface area contributed by atoms with Crippen molar-refractivity contribution in [2.75, 3.05) is 23.3 Å². The van der Waals surface area contributed by atoms with Crippen LogP contribution in [0.5, 0.6) is 0 Å². The number of amides is 2. The first-order valence-corrected chi connectivity index (χ1v) is 10.1. The molecule has 144 valence electrons. The third-order valence-corrected chi connectivity index (χ3v) is 5.94. The lowest BCUT2D eigenvalue weighted by Gasteiger charge is -2.34. The van der Waals surface area contributed by atoms with E-state index in [4.69, 9.17) is 0 Å². The molecule has 5 heteroatoms. The minimum absolute atomic E-state index is 0.146. The van der Waals surface area contributed by atoms with Gasteiger partial charge in [-0.15, -0.1) is 0 Å². The van der Waals surface area contributed by atoms with Crippen LogP contribution >= 0.6 is 0 Å². The van der Waals surface area contributed by atoms with Gasteiger partial charge in [-0.05, 0) is 61.4 Å². The molecule has 0 aromatic heterocycles. The second-order valence-electron chi connectivity index (χ2n) is 7.74. The summed E-state index contributed by atoms with van der Waals surface area (Å²) in [4.78, 5) is 14.6. The molecule has 28 heavy (non-hydrogen) atoms. The van der Waals surface area contributed by atoms with Crippen LogP contribution in [0.1, 0.15) is 49.1 Å². The van der Waals surface area contributed by atoms with Crippen molar-refractivity contribution in [3.63, 3.8) is 0 Å². The van der Waals surface area contributed by atoms with Gasteiger partial charge in [-0.25, -0.2) is 4.79 Å². The molecule has 2 aromatic carbocycles. The molecule has 2 amide bonds. The van der Waals surface area contributed by atoms with E-state index in [2.05, 4.69) is 33.7 Å². The lowest BCUT2D eigenvalue weighted by Crippen LogP contribution is -2.46. The summed E-state index contributed by atoms with van der Waals surface area (Å²) in [7, 11) is 0. The Kier molecular flexibility index (Phi) is 5.48. The van der Waals surface area contributed by atoms with Crippen LogP contribution in [0.3, 0.4) is 0 Å². The second-order valence-corrected chi connectivity index (χ2v) is 7.74. The Bertz CT molecular complexity index is 859. The van der Waals surface area contributed by atoms with E-state index in [0.29, 0.717) is 11.5 Å². The number of anilines is 2. The summed E-state index contributed by atoms with van der Waals surface area (Å²) >= 11 is 0. The summed E-state index contributed by atoms with van der Waals surface area (Å²) in [5, 5.41) is 15.3. The fraction of sp³-hybridized carbons (Fsp3) is 0.391. The largest absolute Gasteiger partial charge is 0.370 e. The van der Waals surface area contributed by atoms with Crippen molar-refractivity contribution in [1.82, 2.24) is 5.32 Å². The van der Waals surface area contributed by atoms with Gasteiger partial charge in [-0.2, -0.15) is 5.26 Å². The molecular formula is C23H26N4O. The number of piperidine rings is 1. The summed E-state index contributed by atoms with van der Waals surface area (Å²) in [5.41, 5.74) is 3.90. The zero-order valence-electron chi connectivity index (χ0n) is 16.0. The minimum Gasteiger partial charge on any atom is -0.370 e. The van der Waals surface area contributed by atoms with Crippen LogP contribution in [-0.4, -0.2) is 25.2 Å². The van der Waals surface area contributed by atoms with Crippen LogP contribution in [0.4, 0.5) is 16.2 Å². The molecule has 4 rings (SSSR count). The van der Waals surface area contributed by atoms with Crippen molar-refractivity contribution < 1.29 is 4.79 Å². The zero-order valence-corrected chi connectivity index (χ0v) is 16.0. The van der Waals surface area contributed by atoms with Crippen molar-refractivity contribution in [2.45, 2.75) is 44.1 Å². The van der Waals surface area contributed by atoms with Gasteiger partial charge in [0, 0.05) is 24.8 Å². The van der Waals surface area contributed by atoms with Crippen LogP contribution in [-0.2, 0) is 0 Å². The van der Waals surface area contributed by atoms with E-state index < -0.39 is 0 Å². The molecule has 1 aliphatic heterocycles. The van der Waals surface area contributed by atoms with E-state index in [0.717, 1.165) is 37.3 Å². The maximum atomic E-state index is 12.3. The van der Waals surface area contributed by atoms with Gasteiger partial charge in [0.25, 0.3) is 0 Å². The van der Waals surface area contributed by atoms with E-state index in [-0.39, 0.29) is 12.1 Å². The average Bonchev–Trinajstić information content (AvgIpc) is 2.69. The highest BCUT2D eigenvalue weighted by atomic mass is 16.2. The number of carbonyl (C=O) groups is 1. The fourth-order valence-electron chi connectivity index (χ4n) is 4.04. The molecule has 2 aromatic rings. The number of carbonyl (C=O) groups excluding carboxylic acids is 1. The highest BCUT2D eigenvalue weighted by molar-refractivity contribution is 5.89. The highest BCUT2D eigenvalue weighted by Gasteiger charge is 2.22. The number of para-hydroxylation sites is 1. The Labute approximate surface area is 166 Å². The summed E-state index contributed by atoms with van der Waals surface area (Å²) in [6, 6.07) is 18.2. The van der Waals surface area contributed by atoms with Crippen LogP contribution in [0.15, 0.2) is 48.5 Å². The molecule has 0 spiro atoms. The number of nitriles is 1. The third-order valence-electron chi connectivity index (χ3n) is 5.94. The molecule has 2 N–H and O–H groups in total. The standard InChI is InChI=1S/C23H26N4O/c24-16-19-4-1-2-7-22(19)27-14-12-21(13-15-27)26-23(28)25-20-10-8-18(9-11-20)17-5-3-6-17/h1-2,4,7-11,17,21H,3,5-6,12-15H2,(H2,25,26,28). The number of nitrogens with one attached hydrogen (secondary N) is 2. The molecule has 1 saturated carbocycles. The summed E-state index contributed by atoms with van der Waals surface area (Å²) in [6.07, 6.45) is 5.63. The van der Waals surface area contributed by atoms with Crippen LogP contribution < -0.4 is 15.5 Å². The van der Waals surface area contributed by atoms with Gasteiger partial charge in [0.15, 0.2) is 0 Å². The lowest BCUT2D eigenvalue weighted by molar-refractivity contribution is 0.246. The van der Waals surface area contributed by atoms with Gasteiger partial charge < -0.3 is 15.5 Å². The van der Waals surface area contributed by atoms with Crippen molar-refractivity contribution in [2.24, 2.45) is 0 Å². The Morgan fingerprint density at radius 3 is 2.36 bits per heavy atom. The minimum atomic E-state index is -0.146. The summed E-state index contributed by atoms with van der Waals surface area (Å²) < 4.78 is 0. The lowest BCUT2D eigenvalue weighted by atomic mass is 9.80. The smallest absolute Gasteiger partial charge is 0.319 e. The fourth-order valence-corrected chi connectivity index (χ4v) is 4.04. The van der Waals surface area contributed by atoms with Gasteiger partial charge in [0.1, 0.15) is 6.07 Å². The van der Waals surface area contributed by atoms with E-state index in [1.165, 1.54) is 24.8 Å². The van der Waals surface area contributed by atoms with Gasteiger partial charge >= 0.3 is 6.03 Å². The van der Waals surface area contributed by atoms with Gasteiger partial charge in [0.2, 0.25) is 0 Å². The number of rotatable bonds is 4. The van der Waals surface area contributed by atoms with Crippen molar-refractivity contribution in [1.29, 1.82) is 5.26 Å². The normalized spacial score (nSPS) is 17.5. The number of hydrogen-bond donors (Lipinski definition) is 2. The van der Waals surface area contributed by atoms with Gasteiger partial charge in [0.05, 0.1) is 11.3 Å². The van der Waals surface area contributed by atoms with Gasteiger partial charge in [-0.3, -0.25) is 0 Å². The molecule has 0 bridgehead atoms. The first-order valence-electron chi connectivity index (χ1n) is 10.1. The monoisotopic (exact) mass is 374 g/mol. The second kappa shape index (κ2) is 8.35. The van der Waals surface area contributed by atoms with E-state index in [1.54, 1.807) is 0 Å². The molecule has 0 atom stereocenters. The molecular weight excluding hydrogens is 348 g/mol. The summed E-state index contributed by atoms with van der Waals surface area (Å²) in [6.45, 7) is 1.67. The van der Waals surface area contributed by atoms with E-state index in [1.807, 2.05) is 36.4 Å².